The molecule has 0 unspecified atom stereocenters. The Morgan fingerprint density at radius 3 is 2.22 bits per heavy atom. The maximum Gasteiger partial charge on any atom is 0.131 e. The average Bonchev–Trinajstić information content (AvgIpc) is 2.55. The van der Waals surface area contributed by atoms with E-state index in [-0.39, 0.29) is 0 Å². The normalized spacial score (nSPS) is 24.7. The van der Waals surface area contributed by atoms with Crippen molar-refractivity contribution in [2.24, 2.45) is 5.73 Å². The van der Waals surface area contributed by atoms with Gasteiger partial charge in [0.15, 0.2) is 0 Å². The van der Waals surface area contributed by atoms with E-state index in [9.17, 15) is 0 Å². The van der Waals surface area contributed by atoms with Crippen molar-refractivity contribution in [3.63, 3.8) is 0 Å². The molecule has 0 bridgehead atoms. The predicted octanol–water partition coefficient (Wildman–Crippen LogP) is 3.72. The highest BCUT2D eigenvalue weighted by Crippen LogP contribution is 2.40. The number of aromatic nitrogens is 2. The van der Waals surface area contributed by atoms with Gasteiger partial charge in [-0.25, -0.2) is 9.97 Å². The quantitative estimate of drug-likeness (QED) is 0.924. The van der Waals surface area contributed by atoms with E-state index in [0.717, 1.165) is 31.8 Å². The molecule has 0 spiro atoms. The van der Waals surface area contributed by atoms with Crippen LogP contribution in [-0.4, -0.2) is 29.1 Å². The first-order valence-corrected chi connectivity index (χ1v) is 9.68. The lowest BCUT2D eigenvalue weighted by Crippen LogP contribution is -2.40. The second-order valence-electron chi connectivity index (χ2n) is 7.79. The zero-order valence-corrected chi connectivity index (χ0v) is 14.2. The highest BCUT2D eigenvalue weighted by atomic mass is 15.2. The molecule has 2 N–H and O–H groups in total. The fraction of sp³-hybridized carbons (Fsp3) is 0.789. The standard InChI is InChI=1S/C19H30N4/c20-16-9-11-23(12-10-16)17-13-21-19(15-7-4-8-15)22-18(17)14-5-2-1-3-6-14/h13-16H,1-12,20H2. The molecule has 1 saturated heterocycles. The average molecular weight is 314 g/mol. The van der Waals surface area contributed by atoms with Gasteiger partial charge >= 0.3 is 0 Å². The number of hydrogen-bond acceptors (Lipinski definition) is 4. The van der Waals surface area contributed by atoms with Gasteiger partial charge in [0.05, 0.1) is 17.6 Å². The summed E-state index contributed by atoms with van der Waals surface area (Å²) in [6.07, 6.45) is 15.0. The summed E-state index contributed by atoms with van der Waals surface area (Å²) >= 11 is 0. The summed E-state index contributed by atoms with van der Waals surface area (Å²) in [6.45, 7) is 2.13. The summed E-state index contributed by atoms with van der Waals surface area (Å²) in [6, 6.07) is 0.375. The van der Waals surface area contributed by atoms with E-state index < -0.39 is 0 Å². The maximum absolute atomic E-state index is 6.09. The summed E-state index contributed by atoms with van der Waals surface area (Å²) < 4.78 is 0. The number of anilines is 1. The lowest BCUT2D eigenvalue weighted by molar-refractivity contribution is 0.393. The first-order chi connectivity index (χ1) is 11.3. The Bertz CT molecular complexity index is 526. The predicted molar refractivity (Wildman–Crippen MR) is 93.9 cm³/mol. The van der Waals surface area contributed by atoms with E-state index >= 15 is 0 Å². The SMILES string of the molecule is NC1CCN(c2cnc(C3CCC3)nc2C2CCCCC2)CC1. The molecule has 4 nitrogen and oxygen atoms in total. The number of nitrogens with zero attached hydrogens (tertiary/aromatic N) is 3. The molecule has 2 heterocycles. The second-order valence-corrected chi connectivity index (χ2v) is 7.79. The molecule has 0 atom stereocenters. The Balaban J connectivity index is 1.62. The molecule has 0 amide bonds. The van der Waals surface area contributed by atoms with E-state index in [1.54, 1.807) is 0 Å². The van der Waals surface area contributed by atoms with E-state index in [2.05, 4.69) is 11.1 Å². The number of hydrogen-bond donors (Lipinski definition) is 1. The molecule has 2 aliphatic carbocycles. The topological polar surface area (TPSA) is 55.0 Å². The highest BCUT2D eigenvalue weighted by Gasteiger charge is 2.28. The minimum absolute atomic E-state index is 0.375. The van der Waals surface area contributed by atoms with Crippen LogP contribution in [-0.2, 0) is 0 Å². The molecule has 4 heteroatoms. The minimum atomic E-state index is 0.375. The highest BCUT2D eigenvalue weighted by molar-refractivity contribution is 5.51. The van der Waals surface area contributed by atoms with Gasteiger partial charge in [-0.3, -0.25) is 0 Å². The van der Waals surface area contributed by atoms with Crippen LogP contribution in [0.15, 0.2) is 6.20 Å². The second kappa shape index (κ2) is 6.76. The van der Waals surface area contributed by atoms with Crippen LogP contribution >= 0.6 is 0 Å². The van der Waals surface area contributed by atoms with Crippen LogP contribution in [0, 0.1) is 0 Å². The summed E-state index contributed by atoms with van der Waals surface area (Å²) in [5, 5.41) is 0. The van der Waals surface area contributed by atoms with Crippen molar-refractivity contribution < 1.29 is 0 Å². The van der Waals surface area contributed by atoms with Crippen molar-refractivity contribution in [1.29, 1.82) is 0 Å². The van der Waals surface area contributed by atoms with Crippen LogP contribution in [0.4, 0.5) is 5.69 Å². The molecule has 4 rings (SSSR count). The molecule has 1 aliphatic heterocycles. The van der Waals surface area contributed by atoms with Gasteiger partial charge in [0.1, 0.15) is 5.82 Å². The molecule has 126 valence electrons. The zero-order valence-electron chi connectivity index (χ0n) is 14.2. The number of piperidine rings is 1. The fourth-order valence-electron chi connectivity index (χ4n) is 4.33. The third kappa shape index (κ3) is 3.23. The molecule has 23 heavy (non-hydrogen) atoms. The maximum atomic E-state index is 6.09. The van der Waals surface area contributed by atoms with Crippen molar-refractivity contribution in [2.45, 2.75) is 82.1 Å². The van der Waals surface area contributed by atoms with Gasteiger partial charge < -0.3 is 10.6 Å². The van der Waals surface area contributed by atoms with Gasteiger partial charge in [0, 0.05) is 31.0 Å². The van der Waals surface area contributed by atoms with Gasteiger partial charge in [0.2, 0.25) is 0 Å². The van der Waals surface area contributed by atoms with Gasteiger partial charge in [-0.15, -0.1) is 0 Å². The molecular formula is C19H30N4. The first kappa shape index (κ1) is 15.4. The Kier molecular flexibility index (Phi) is 4.52. The lowest BCUT2D eigenvalue weighted by atomic mass is 9.83. The fourth-order valence-corrected chi connectivity index (χ4v) is 4.33. The monoisotopic (exact) mass is 314 g/mol. The summed E-state index contributed by atoms with van der Waals surface area (Å²) in [7, 11) is 0. The van der Waals surface area contributed by atoms with Gasteiger partial charge in [-0.05, 0) is 38.5 Å². The van der Waals surface area contributed by atoms with E-state index in [1.807, 2.05) is 0 Å². The molecular weight excluding hydrogens is 284 g/mol. The Hall–Kier alpha value is -1.16. The van der Waals surface area contributed by atoms with E-state index in [1.165, 1.54) is 62.7 Å². The van der Waals surface area contributed by atoms with Crippen molar-refractivity contribution in [2.75, 3.05) is 18.0 Å². The van der Waals surface area contributed by atoms with Crippen LogP contribution in [0.5, 0.6) is 0 Å². The van der Waals surface area contributed by atoms with E-state index in [0.29, 0.717) is 17.9 Å². The Morgan fingerprint density at radius 2 is 1.57 bits per heavy atom. The van der Waals surface area contributed by atoms with Crippen LogP contribution in [0.25, 0.3) is 0 Å². The molecule has 2 saturated carbocycles. The number of rotatable bonds is 3. The smallest absolute Gasteiger partial charge is 0.131 e. The zero-order chi connectivity index (χ0) is 15.6. The molecule has 3 fully saturated rings. The number of nitrogens with two attached hydrogens (primary N) is 1. The summed E-state index contributed by atoms with van der Waals surface area (Å²) in [5.41, 5.74) is 8.76. The third-order valence-corrected chi connectivity index (χ3v) is 6.16. The van der Waals surface area contributed by atoms with E-state index in [4.69, 9.17) is 15.7 Å². The third-order valence-electron chi connectivity index (χ3n) is 6.16. The molecule has 0 aromatic carbocycles. The molecule has 3 aliphatic rings. The van der Waals surface area contributed by atoms with Crippen LogP contribution < -0.4 is 10.6 Å². The summed E-state index contributed by atoms with van der Waals surface area (Å²) in [5.74, 6) is 2.40. The Morgan fingerprint density at radius 1 is 0.870 bits per heavy atom. The van der Waals surface area contributed by atoms with Gasteiger partial charge in [0.25, 0.3) is 0 Å². The largest absolute Gasteiger partial charge is 0.369 e. The van der Waals surface area contributed by atoms with Crippen LogP contribution in [0.2, 0.25) is 0 Å². The van der Waals surface area contributed by atoms with Gasteiger partial charge in [-0.2, -0.15) is 0 Å². The molecule has 0 radical (unpaired) electrons. The van der Waals surface area contributed by atoms with Crippen molar-refractivity contribution >= 4 is 5.69 Å². The van der Waals surface area contributed by atoms with Crippen LogP contribution in [0.3, 0.4) is 0 Å². The Labute approximate surface area is 139 Å². The van der Waals surface area contributed by atoms with Crippen LogP contribution in [0.1, 0.15) is 87.6 Å². The van der Waals surface area contributed by atoms with Crippen molar-refractivity contribution in [1.82, 2.24) is 9.97 Å². The minimum Gasteiger partial charge on any atom is -0.369 e. The van der Waals surface area contributed by atoms with Crippen molar-refractivity contribution in [3.8, 4) is 0 Å². The van der Waals surface area contributed by atoms with Gasteiger partial charge in [-0.1, -0.05) is 25.7 Å². The molecule has 1 aromatic heterocycles. The lowest BCUT2D eigenvalue weighted by Gasteiger charge is -2.35. The first-order valence-electron chi connectivity index (χ1n) is 9.68. The van der Waals surface area contributed by atoms with Crippen molar-refractivity contribution in [3.05, 3.63) is 17.7 Å². The molecule has 1 aromatic rings. The summed E-state index contributed by atoms with van der Waals surface area (Å²) in [4.78, 5) is 12.4.